The van der Waals surface area contributed by atoms with Crippen LogP contribution in [0, 0.1) is 0 Å². The molecular weight excluding hydrogens is 362 g/mol. The molecule has 4 rings (SSSR count). The van der Waals surface area contributed by atoms with Gasteiger partial charge in [-0.2, -0.15) is 5.10 Å². The van der Waals surface area contributed by atoms with Crippen LogP contribution in [0.1, 0.15) is 62.3 Å². The van der Waals surface area contributed by atoms with Crippen molar-refractivity contribution in [3.63, 3.8) is 0 Å². The molecule has 9 nitrogen and oxygen atoms in total. The van der Waals surface area contributed by atoms with Crippen molar-refractivity contribution in [2.75, 3.05) is 5.32 Å². The molecular formula is C19H25N5O4. The Morgan fingerprint density at radius 1 is 1.25 bits per heavy atom. The number of nitrogens with one attached hydrogen (secondary N) is 3. The first-order valence-electron chi connectivity index (χ1n) is 9.87. The summed E-state index contributed by atoms with van der Waals surface area (Å²) in [6.07, 6.45) is 8.15. The Morgan fingerprint density at radius 2 is 2.11 bits per heavy atom. The summed E-state index contributed by atoms with van der Waals surface area (Å²) in [7, 11) is 0. The maximum absolute atomic E-state index is 12.0. The molecule has 0 radical (unpaired) electrons. The molecule has 150 valence electrons. The standard InChI is InChI=1S/C19H25N5O4/c25-18(10-15-7-8-20-28-15)22-17-11-16(23-24-17)12-5-6-14(9-12)27-19(26)21-13-3-1-2-4-13/h7-8,11-14H,1-6,9-10H2,(H,21,26)(H2,22,23,24,25). The summed E-state index contributed by atoms with van der Waals surface area (Å²) in [5, 5.41) is 16.4. The van der Waals surface area contributed by atoms with Crippen LogP contribution in [-0.2, 0) is 16.0 Å². The van der Waals surface area contributed by atoms with Crippen LogP contribution in [0.2, 0.25) is 0 Å². The minimum atomic E-state index is -0.303. The first-order valence-corrected chi connectivity index (χ1v) is 9.87. The van der Waals surface area contributed by atoms with Crippen LogP contribution in [-0.4, -0.2) is 39.5 Å². The van der Waals surface area contributed by atoms with Gasteiger partial charge in [0.2, 0.25) is 5.91 Å². The predicted octanol–water partition coefficient (Wildman–Crippen LogP) is 2.88. The summed E-state index contributed by atoms with van der Waals surface area (Å²) < 4.78 is 10.5. The van der Waals surface area contributed by atoms with Crippen LogP contribution in [0.25, 0.3) is 0 Å². The average molecular weight is 387 g/mol. The van der Waals surface area contributed by atoms with Crippen molar-refractivity contribution in [3.05, 3.63) is 29.8 Å². The highest BCUT2D eigenvalue weighted by atomic mass is 16.6. The van der Waals surface area contributed by atoms with Crippen molar-refractivity contribution in [2.24, 2.45) is 0 Å². The van der Waals surface area contributed by atoms with Crippen LogP contribution >= 0.6 is 0 Å². The summed E-state index contributed by atoms with van der Waals surface area (Å²) in [5.41, 5.74) is 0.942. The molecule has 2 atom stereocenters. The smallest absolute Gasteiger partial charge is 0.407 e. The molecule has 2 amide bonds. The fraction of sp³-hybridized carbons (Fsp3) is 0.579. The van der Waals surface area contributed by atoms with E-state index in [-0.39, 0.29) is 36.5 Å². The summed E-state index contributed by atoms with van der Waals surface area (Å²) in [6, 6.07) is 3.75. The molecule has 2 heterocycles. The zero-order chi connectivity index (χ0) is 19.3. The van der Waals surface area contributed by atoms with Crippen molar-refractivity contribution >= 4 is 17.8 Å². The van der Waals surface area contributed by atoms with Crippen molar-refractivity contribution in [3.8, 4) is 0 Å². The summed E-state index contributed by atoms with van der Waals surface area (Å²) in [6.45, 7) is 0. The number of H-pyrrole nitrogens is 1. The van der Waals surface area contributed by atoms with E-state index in [0.29, 0.717) is 11.6 Å². The van der Waals surface area contributed by atoms with Gasteiger partial charge in [0.05, 0.1) is 12.6 Å². The first-order chi connectivity index (χ1) is 13.7. The van der Waals surface area contributed by atoms with Gasteiger partial charge in [0, 0.05) is 29.8 Å². The molecule has 28 heavy (non-hydrogen) atoms. The molecule has 0 bridgehead atoms. The van der Waals surface area contributed by atoms with E-state index < -0.39 is 0 Å². The quantitative estimate of drug-likeness (QED) is 0.700. The minimum Gasteiger partial charge on any atom is -0.446 e. The average Bonchev–Trinajstić information content (AvgIpc) is 3.42. The molecule has 2 unspecified atom stereocenters. The molecule has 0 aromatic carbocycles. The zero-order valence-corrected chi connectivity index (χ0v) is 15.6. The lowest BCUT2D eigenvalue weighted by Crippen LogP contribution is -2.35. The van der Waals surface area contributed by atoms with Crippen LogP contribution in [0.4, 0.5) is 10.6 Å². The molecule has 3 N–H and O–H groups in total. The Morgan fingerprint density at radius 3 is 2.89 bits per heavy atom. The molecule has 2 aliphatic carbocycles. The number of carbonyl (C=O) groups is 2. The van der Waals surface area contributed by atoms with E-state index in [0.717, 1.165) is 37.8 Å². The largest absolute Gasteiger partial charge is 0.446 e. The summed E-state index contributed by atoms with van der Waals surface area (Å²) in [4.78, 5) is 24.0. The van der Waals surface area contributed by atoms with Crippen molar-refractivity contribution < 1.29 is 18.8 Å². The Bertz CT molecular complexity index is 797. The number of aromatic nitrogens is 3. The van der Waals surface area contributed by atoms with Gasteiger partial charge in [0.15, 0.2) is 5.82 Å². The highest BCUT2D eigenvalue weighted by molar-refractivity contribution is 5.91. The van der Waals surface area contributed by atoms with Crippen molar-refractivity contribution in [2.45, 2.75) is 69.4 Å². The SMILES string of the molecule is O=C(Cc1ccno1)Nc1cc(C2CCC(OC(=O)NC3CCCC3)C2)[nH]n1. The minimum absolute atomic E-state index is 0.0841. The fourth-order valence-corrected chi connectivity index (χ4v) is 4.04. The van der Waals surface area contributed by atoms with Gasteiger partial charge in [-0.25, -0.2) is 4.79 Å². The van der Waals surface area contributed by atoms with Gasteiger partial charge in [-0.15, -0.1) is 0 Å². The molecule has 2 saturated carbocycles. The lowest BCUT2D eigenvalue weighted by Gasteiger charge is -2.16. The monoisotopic (exact) mass is 387 g/mol. The number of nitrogens with zero attached hydrogens (tertiary/aromatic N) is 2. The third-order valence-corrected chi connectivity index (χ3v) is 5.47. The van der Waals surface area contributed by atoms with E-state index in [9.17, 15) is 9.59 Å². The van der Waals surface area contributed by atoms with Gasteiger partial charge in [0.1, 0.15) is 11.9 Å². The third-order valence-electron chi connectivity index (χ3n) is 5.47. The number of amides is 2. The Hall–Kier alpha value is -2.84. The van der Waals surface area contributed by atoms with Crippen LogP contribution in [0.5, 0.6) is 0 Å². The van der Waals surface area contributed by atoms with Gasteiger partial charge >= 0.3 is 6.09 Å². The second-order valence-corrected chi connectivity index (χ2v) is 7.58. The molecule has 2 aliphatic rings. The Labute approximate surface area is 162 Å². The number of ether oxygens (including phenoxy) is 1. The van der Waals surface area contributed by atoms with E-state index in [1.165, 1.54) is 19.0 Å². The second kappa shape index (κ2) is 8.45. The molecule has 2 aromatic heterocycles. The summed E-state index contributed by atoms with van der Waals surface area (Å²) >= 11 is 0. The highest BCUT2D eigenvalue weighted by Gasteiger charge is 2.30. The van der Waals surface area contributed by atoms with E-state index in [2.05, 4.69) is 26.0 Å². The molecule has 2 aromatic rings. The number of rotatable bonds is 6. The van der Waals surface area contributed by atoms with Crippen molar-refractivity contribution in [1.29, 1.82) is 0 Å². The lowest BCUT2D eigenvalue weighted by atomic mass is 10.0. The molecule has 2 fully saturated rings. The zero-order valence-electron chi connectivity index (χ0n) is 15.6. The molecule has 0 spiro atoms. The number of hydrogen-bond donors (Lipinski definition) is 3. The predicted molar refractivity (Wildman–Crippen MR) is 99.7 cm³/mol. The second-order valence-electron chi connectivity index (χ2n) is 7.58. The Balaban J connectivity index is 1.24. The maximum atomic E-state index is 12.0. The topological polar surface area (TPSA) is 122 Å². The fourth-order valence-electron chi connectivity index (χ4n) is 4.04. The maximum Gasteiger partial charge on any atom is 0.407 e. The van der Waals surface area contributed by atoms with Gasteiger partial charge in [0.25, 0.3) is 0 Å². The number of carbonyl (C=O) groups excluding carboxylic acids is 2. The summed E-state index contributed by atoms with van der Waals surface area (Å²) in [5.74, 6) is 0.991. The van der Waals surface area contributed by atoms with Gasteiger partial charge < -0.3 is 19.9 Å². The lowest BCUT2D eigenvalue weighted by molar-refractivity contribution is -0.115. The van der Waals surface area contributed by atoms with Crippen LogP contribution < -0.4 is 10.6 Å². The normalized spacial score (nSPS) is 22.3. The molecule has 9 heteroatoms. The van der Waals surface area contributed by atoms with E-state index >= 15 is 0 Å². The van der Waals surface area contributed by atoms with Crippen LogP contribution in [0.3, 0.4) is 0 Å². The van der Waals surface area contributed by atoms with Crippen LogP contribution in [0.15, 0.2) is 22.9 Å². The third kappa shape index (κ3) is 4.71. The Kier molecular flexibility index (Phi) is 5.59. The van der Waals surface area contributed by atoms with Gasteiger partial charge in [-0.3, -0.25) is 9.89 Å². The molecule has 0 saturated heterocycles. The van der Waals surface area contributed by atoms with E-state index in [1.807, 2.05) is 6.07 Å². The van der Waals surface area contributed by atoms with Gasteiger partial charge in [-0.1, -0.05) is 18.0 Å². The number of aromatic amines is 1. The van der Waals surface area contributed by atoms with Crippen molar-refractivity contribution in [1.82, 2.24) is 20.7 Å². The van der Waals surface area contributed by atoms with E-state index in [1.54, 1.807) is 6.07 Å². The number of anilines is 1. The van der Waals surface area contributed by atoms with Gasteiger partial charge in [-0.05, 0) is 32.1 Å². The first kappa shape index (κ1) is 18.5. The number of alkyl carbamates (subject to hydrolysis) is 1. The number of hydrogen-bond acceptors (Lipinski definition) is 6. The molecule has 0 aliphatic heterocycles. The van der Waals surface area contributed by atoms with E-state index in [4.69, 9.17) is 9.26 Å². The highest BCUT2D eigenvalue weighted by Crippen LogP contribution is 2.36.